The molecule has 0 saturated heterocycles. The van der Waals surface area contributed by atoms with Crippen LogP contribution in [0.4, 0.5) is 5.82 Å². The number of aromatic nitrogens is 2. The number of nitrogens with zero attached hydrogens (tertiary/aromatic N) is 2. The molecule has 1 saturated carbocycles. The molecule has 0 radical (unpaired) electrons. The summed E-state index contributed by atoms with van der Waals surface area (Å²) >= 11 is 0. The van der Waals surface area contributed by atoms with Crippen molar-refractivity contribution >= 4 is 11.8 Å². The van der Waals surface area contributed by atoms with E-state index in [-0.39, 0.29) is 17.3 Å². The standard InChI is InChI=1S/C14H19N3O3/c18-13(19)11-7-15-14(20)17-8-10(16-12(11)17)6-9-4-2-1-3-5-9/h7,9-10,16H,1-6,8H2,(H,18,19)/t10-/m0/s1. The number of nitrogens with one attached hydrogen (secondary N) is 1. The zero-order chi connectivity index (χ0) is 14.1. The lowest BCUT2D eigenvalue weighted by Crippen LogP contribution is -2.25. The molecule has 3 rings (SSSR count). The van der Waals surface area contributed by atoms with E-state index >= 15 is 0 Å². The molecule has 6 nitrogen and oxygen atoms in total. The highest BCUT2D eigenvalue weighted by atomic mass is 16.4. The fourth-order valence-electron chi connectivity index (χ4n) is 3.39. The van der Waals surface area contributed by atoms with Crippen LogP contribution in [0.5, 0.6) is 0 Å². The zero-order valence-corrected chi connectivity index (χ0v) is 11.3. The fraction of sp³-hybridized carbons (Fsp3) is 0.643. The summed E-state index contributed by atoms with van der Waals surface area (Å²) in [5, 5.41) is 12.4. The molecule has 0 bridgehead atoms. The van der Waals surface area contributed by atoms with E-state index in [1.807, 2.05) is 0 Å². The average Bonchev–Trinajstić information content (AvgIpc) is 2.84. The number of fused-ring (bicyclic) bond motifs is 1. The van der Waals surface area contributed by atoms with Gasteiger partial charge in [-0.05, 0) is 12.3 Å². The minimum Gasteiger partial charge on any atom is -0.478 e. The Morgan fingerprint density at radius 3 is 2.85 bits per heavy atom. The van der Waals surface area contributed by atoms with Crippen molar-refractivity contribution in [2.45, 2.75) is 51.1 Å². The summed E-state index contributed by atoms with van der Waals surface area (Å²) in [4.78, 5) is 26.6. The minimum absolute atomic E-state index is 0.0794. The summed E-state index contributed by atoms with van der Waals surface area (Å²) in [7, 11) is 0. The highest BCUT2D eigenvalue weighted by Crippen LogP contribution is 2.31. The second-order valence-electron chi connectivity index (χ2n) is 5.80. The molecule has 1 fully saturated rings. The topological polar surface area (TPSA) is 84.2 Å². The van der Waals surface area contributed by atoms with Gasteiger partial charge in [0, 0.05) is 12.6 Å². The molecule has 108 valence electrons. The maximum atomic E-state index is 11.7. The zero-order valence-electron chi connectivity index (χ0n) is 11.3. The van der Waals surface area contributed by atoms with Crippen molar-refractivity contribution in [1.82, 2.24) is 9.55 Å². The quantitative estimate of drug-likeness (QED) is 0.878. The number of rotatable bonds is 3. The predicted octanol–water partition coefficient (Wildman–Crippen LogP) is 1.71. The largest absolute Gasteiger partial charge is 0.478 e. The van der Waals surface area contributed by atoms with Gasteiger partial charge in [-0.1, -0.05) is 32.1 Å². The van der Waals surface area contributed by atoms with E-state index in [1.54, 1.807) is 0 Å². The van der Waals surface area contributed by atoms with Crippen LogP contribution in [0, 0.1) is 5.92 Å². The van der Waals surface area contributed by atoms with Crippen LogP contribution in [0.1, 0.15) is 48.9 Å². The van der Waals surface area contributed by atoms with Crippen LogP contribution in [-0.4, -0.2) is 26.7 Å². The van der Waals surface area contributed by atoms with Crippen LogP contribution in [0.2, 0.25) is 0 Å². The number of anilines is 1. The number of hydrogen-bond acceptors (Lipinski definition) is 4. The van der Waals surface area contributed by atoms with Crippen molar-refractivity contribution in [3.05, 3.63) is 22.2 Å². The summed E-state index contributed by atoms with van der Waals surface area (Å²) in [5.41, 5.74) is -0.292. The van der Waals surface area contributed by atoms with E-state index in [0.29, 0.717) is 18.3 Å². The number of aromatic carboxylic acids is 1. The van der Waals surface area contributed by atoms with Crippen LogP contribution in [0.25, 0.3) is 0 Å². The molecule has 0 spiro atoms. The maximum absolute atomic E-state index is 11.7. The molecule has 1 aliphatic heterocycles. The molecule has 0 unspecified atom stereocenters. The van der Waals surface area contributed by atoms with E-state index in [2.05, 4.69) is 10.3 Å². The first-order chi connectivity index (χ1) is 9.65. The number of carboxylic acid groups (broad SMARTS) is 1. The van der Waals surface area contributed by atoms with E-state index in [4.69, 9.17) is 5.11 Å². The van der Waals surface area contributed by atoms with Crippen molar-refractivity contribution < 1.29 is 9.90 Å². The molecular formula is C14H19N3O3. The molecule has 0 aromatic carbocycles. The molecule has 2 aliphatic rings. The second-order valence-corrected chi connectivity index (χ2v) is 5.80. The van der Waals surface area contributed by atoms with Crippen molar-refractivity contribution in [1.29, 1.82) is 0 Å². The van der Waals surface area contributed by atoms with Crippen molar-refractivity contribution in [2.24, 2.45) is 5.92 Å². The van der Waals surface area contributed by atoms with Crippen LogP contribution >= 0.6 is 0 Å². The Bertz CT molecular complexity index is 576. The Labute approximate surface area is 116 Å². The van der Waals surface area contributed by atoms with Gasteiger partial charge in [-0.15, -0.1) is 0 Å². The highest BCUT2D eigenvalue weighted by molar-refractivity contribution is 5.93. The van der Waals surface area contributed by atoms with E-state index < -0.39 is 5.97 Å². The molecule has 1 aromatic heterocycles. The Morgan fingerprint density at radius 2 is 2.15 bits per heavy atom. The number of carboxylic acids is 1. The summed E-state index contributed by atoms with van der Waals surface area (Å²) in [6.07, 6.45) is 8.52. The van der Waals surface area contributed by atoms with Gasteiger partial charge in [0.15, 0.2) is 0 Å². The smallest absolute Gasteiger partial charge is 0.349 e. The Balaban J connectivity index is 1.77. The van der Waals surface area contributed by atoms with Gasteiger partial charge in [-0.2, -0.15) is 0 Å². The summed E-state index contributed by atoms with van der Waals surface area (Å²) in [6.45, 7) is 0.527. The molecule has 20 heavy (non-hydrogen) atoms. The lowest BCUT2D eigenvalue weighted by molar-refractivity contribution is 0.0697. The first-order valence-corrected chi connectivity index (χ1v) is 7.25. The lowest BCUT2D eigenvalue weighted by atomic mass is 9.85. The molecule has 0 amide bonds. The number of hydrogen-bond donors (Lipinski definition) is 2. The van der Waals surface area contributed by atoms with Crippen LogP contribution in [0.3, 0.4) is 0 Å². The molecule has 6 heteroatoms. The van der Waals surface area contributed by atoms with Crippen molar-refractivity contribution in [3.63, 3.8) is 0 Å². The first kappa shape index (κ1) is 13.1. The monoisotopic (exact) mass is 277 g/mol. The molecule has 1 aromatic rings. The molecule has 1 atom stereocenters. The van der Waals surface area contributed by atoms with Crippen molar-refractivity contribution in [2.75, 3.05) is 5.32 Å². The average molecular weight is 277 g/mol. The number of carbonyl (C=O) groups is 1. The molecular weight excluding hydrogens is 258 g/mol. The van der Waals surface area contributed by atoms with E-state index in [0.717, 1.165) is 12.6 Å². The predicted molar refractivity (Wildman–Crippen MR) is 74.1 cm³/mol. The normalized spacial score (nSPS) is 22.3. The Kier molecular flexibility index (Phi) is 3.46. The van der Waals surface area contributed by atoms with Crippen LogP contribution < -0.4 is 11.0 Å². The third-order valence-electron chi connectivity index (χ3n) is 4.38. The third kappa shape index (κ3) is 2.42. The summed E-state index contributed by atoms with van der Waals surface area (Å²) < 4.78 is 1.46. The summed E-state index contributed by atoms with van der Waals surface area (Å²) in [5.74, 6) is 0.0536. The highest BCUT2D eigenvalue weighted by Gasteiger charge is 2.29. The SMILES string of the molecule is O=C(O)c1cnc(=O)n2c1N[C@@H](CC1CCCCC1)C2. The third-order valence-corrected chi connectivity index (χ3v) is 4.38. The van der Waals surface area contributed by atoms with Crippen LogP contribution in [-0.2, 0) is 6.54 Å². The van der Waals surface area contributed by atoms with E-state index in [9.17, 15) is 9.59 Å². The van der Waals surface area contributed by atoms with Gasteiger partial charge in [0.25, 0.3) is 0 Å². The summed E-state index contributed by atoms with van der Waals surface area (Å²) in [6, 6.07) is 0.146. The van der Waals surface area contributed by atoms with Crippen LogP contribution in [0.15, 0.2) is 11.0 Å². The Hall–Kier alpha value is -1.85. The van der Waals surface area contributed by atoms with Crippen molar-refractivity contribution in [3.8, 4) is 0 Å². The molecule has 2 heterocycles. The van der Waals surface area contributed by atoms with E-state index in [1.165, 1.54) is 36.7 Å². The molecule has 1 aliphatic carbocycles. The van der Waals surface area contributed by atoms with Gasteiger partial charge in [0.2, 0.25) is 0 Å². The molecule has 2 N–H and O–H groups in total. The van der Waals surface area contributed by atoms with Gasteiger partial charge < -0.3 is 10.4 Å². The van der Waals surface area contributed by atoms with Gasteiger partial charge in [0.1, 0.15) is 11.4 Å². The van der Waals surface area contributed by atoms with Gasteiger partial charge in [-0.3, -0.25) is 4.57 Å². The maximum Gasteiger partial charge on any atom is 0.349 e. The van der Waals surface area contributed by atoms with Gasteiger partial charge in [0.05, 0.1) is 6.20 Å². The van der Waals surface area contributed by atoms with Gasteiger partial charge in [-0.25, -0.2) is 14.6 Å². The van der Waals surface area contributed by atoms with Gasteiger partial charge >= 0.3 is 11.7 Å². The first-order valence-electron chi connectivity index (χ1n) is 7.25. The fourth-order valence-corrected chi connectivity index (χ4v) is 3.39. The Morgan fingerprint density at radius 1 is 1.40 bits per heavy atom. The minimum atomic E-state index is -1.05. The second kappa shape index (κ2) is 5.26. The lowest BCUT2D eigenvalue weighted by Gasteiger charge is -2.24.